The molecular weight excluding hydrogens is 807 g/mol. The number of nitrogens with zero attached hydrogens (tertiary/aromatic N) is 5. The van der Waals surface area contributed by atoms with Gasteiger partial charge in [-0.2, -0.15) is 0 Å². The van der Waals surface area contributed by atoms with E-state index in [0.717, 1.165) is 22.4 Å². The molecule has 8 N–H and O–H groups in total. The van der Waals surface area contributed by atoms with Gasteiger partial charge >= 0.3 is 12.2 Å². The van der Waals surface area contributed by atoms with Crippen LogP contribution in [0, 0.1) is 11.8 Å². The summed E-state index contributed by atoms with van der Waals surface area (Å²) in [5.41, 5.74) is 13.4. The van der Waals surface area contributed by atoms with Crippen molar-refractivity contribution in [2.75, 3.05) is 18.0 Å². The first-order valence-electron chi connectivity index (χ1n) is 21.7. The van der Waals surface area contributed by atoms with Crippen LogP contribution in [0.4, 0.5) is 15.3 Å². The molecule has 63 heavy (non-hydrogen) atoms. The Hall–Kier alpha value is -6.26. The first-order chi connectivity index (χ1) is 29.6. The van der Waals surface area contributed by atoms with Crippen molar-refractivity contribution in [1.82, 2.24) is 30.4 Å². The summed E-state index contributed by atoms with van der Waals surface area (Å²) < 4.78 is 0. The van der Waals surface area contributed by atoms with Crippen LogP contribution in [-0.4, -0.2) is 91.0 Å². The summed E-state index contributed by atoms with van der Waals surface area (Å²) >= 11 is 0. The molecule has 3 aliphatic rings. The average molecular weight is 868 g/mol. The maximum absolute atomic E-state index is 13.9. The second-order valence-electron chi connectivity index (χ2n) is 18.7. The molecular formula is C46H61N9O8. The summed E-state index contributed by atoms with van der Waals surface area (Å²) in [6.07, 6.45) is 3.57. The molecule has 6 amide bonds. The number of anilines is 1. The van der Waals surface area contributed by atoms with Crippen molar-refractivity contribution >= 4 is 41.5 Å². The predicted molar refractivity (Wildman–Crippen MR) is 234 cm³/mol. The maximum atomic E-state index is 13.9. The van der Waals surface area contributed by atoms with Crippen LogP contribution in [-0.2, 0) is 35.7 Å². The van der Waals surface area contributed by atoms with Crippen LogP contribution in [0.1, 0.15) is 127 Å². The third-order valence-electron chi connectivity index (χ3n) is 13.1. The Morgan fingerprint density at radius 1 is 0.667 bits per heavy atom. The molecule has 17 heteroatoms. The van der Waals surface area contributed by atoms with Crippen LogP contribution in [0.5, 0.6) is 0 Å². The van der Waals surface area contributed by atoms with E-state index in [-0.39, 0.29) is 43.4 Å². The van der Waals surface area contributed by atoms with Crippen molar-refractivity contribution < 1.29 is 39.0 Å². The van der Waals surface area contributed by atoms with E-state index in [1.165, 1.54) is 9.80 Å². The van der Waals surface area contributed by atoms with Crippen molar-refractivity contribution in [2.45, 2.75) is 128 Å². The molecule has 3 fully saturated rings. The zero-order chi connectivity index (χ0) is 46.2. The maximum Gasteiger partial charge on any atom is 0.405 e. The Labute approximate surface area is 368 Å². The number of nitrogens with two attached hydrogens (primary N) is 2. The lowest BCUT2D eigenvalue weighted by molar-refractivity contribution is -0.146. The molecule has 0 saturated carbocycles. The highest BCUT2D eigenvalue weighted by Crippen LogP contribution is 2.48. The molecule has 0 spiro atoms. The van der Waals surface area contributed by atoms with Gasteiger partial charge in [0.15, 0.2) is 11.1 Å². The highest BCUT2D eigenvalue weighted by molar-refractivity contribution is 5.95. The zero-order valence-electron chi connectivity index (χ0n) is 37.1. The molecule has 338 valence electrons. The number of amides is 6. The number of carbonyl (C=O) groups is 6. The Morgan fingerprint density at radius 2 is 1.06 bits per heavy atom. The summed E-state index contributed by atoms with van der Waals surface area (Å²) in [7, 11) is 0. The van der Waals surface area contributed by atoms with E-state index < -0.39 is 70.8 Å². The summed E-state index contributed by atoms with van der Waals surface area (Å²) in [6, 6.07) is 13.1. The van der Waals surface area contributed by atoms with E-state index in [1.807, 2.05) is 12.1 Å². The van der Waals surface area contributed by atoms with Gasteiger partial charge in [0.2, 0.25) is 23.6 Å². The molecule has 0 unspecified atom stereocenters. The molecule has 3 aliphatic heterocycles. The van der Waals surface area contributed by atoms with Crippen LogP contribution in [0.3, 0.4) is 0 Å². The minimum Gasteiger partial charge on any atom is -0.465 e. The van der Waals surface area contributed by atoms with Crippen molar-refractivity contribution in [3.8, 4) is 0 Å². The lowest BCUT2D eigenvalue weighted by atomic mass is 9.87. The lowest BCUT2D eigenvalue weighted by Gasteiger charge is -2.38. The number of rotatable bonds is 13. The predicted octanol–water partition coefficient (Wildman–Crippen LogP) is 5.05. The summed E-state index contributed by atoms with van der Waals surface area (Å²) in [6.45, 7) is 13.8. The molecule has 0 bridgehead atoms. The number of primary amides is 2. The summed E-state index contributed by atoms with van der Waals surface area (Å²) in [5, 5.41) is 23.6. The van der Waals surface area contributed by atoms with Gasteiger partial charge in [0.1, 0.15) is 12.1 Å². The van der Waals surface area contributed by atoms with Crippen LogP contribution in [0.15, 0.2) is 60.9 Å². The molecule has 0 aliphatic carbocycles. The topological polar surface area (TPSA) is 254 Å². The van der Waals surface area contributed by atoms with E-state index in [4.69, 9.17) is 21.4 Å². The van der Waals surface area contributed by atoms with Crippen molar-refractivity contribution in [2.24, 2.45) is 23.3 Å². The Morgan fingerprint density at radius 3 is 1.37 bits per heavy atom. The zero-order valence-corrected chi connectivity index (χ0v) is 37.1. The third kappa shape index (κ3) is 8.61. The third-order valence-corrected chi connectivity index (χ3v) is 13.1. The van der Waals surface area contributed by atoms with Gasteiger partial charge in [0.25, 0.3) is 0 Å². The second-order valence-corrected chi connectivity index (χ2v) is 18.7. The molecule has 17 nitrogen and oxygen atoms in total. The molecule has 3 aromatic rings. The Kier molecular flexibility index (Phi) is 13.1. The van der Waals surface area contributed by atoms with Crippen molar-refractivity contribution in [3.05, 3.63) is 89.0 Å². The minimum absolute atomic E-state index is 0.0859. The number of likely N-dealkylation sites (tertiary alicyclic amines) is 2. The van der Waals surface area contributed by atoms with E-state index in [2.05, 4.69) is 60.6 Å². The fourth-order valence-electron chi connectivity index (χ4n) is 9.81. The normalized spacial score (nSPS) is 23.5. The van der Waals surface area contributed by atoms with Crippen molar-refractivity contribution in [3.63, 3.8) is 0 Å². The van der Waals surface area contributed by atoms with Gasteiger partial charge in [0, 0.05) is 31.2 Å². The molecule has 6 rings (SSSR count). The van der Waals surface area contributed by atoms with E-state index in [0.29, 0.717) is 37.1 Å². The molecule has 0 radical (unpaired) electrons. The van der Waals surface area contributed by atoms with Crippen LogP contribution in [0.25, 0.3) is 0 Å². The van der Waals surface area contributed by atoms with Gasteiger partial charge in [-0.25, -0.2) is 9.59 Å². The number of carboxylic acid groups (broad SMARTS) is 2. The molecule has 3 saturated heterocycles. The van der Waals surface area contributed by atoms with Gasteiger partial charge in [-0.15, -0.1) is 0 Å². The van der Waals surface area contributed by atoms with E-state index in [1.54, 1.807) is 52.2 Å². The van der Waals surface area contributed by atoms with Gasteiger partial charge in [-0.05, 0) is 96.7 Å². The monoisotopic (exact) mass is 867 g/mol. The molecule has 1 aromatic carbocycles. The molecule has 5 heterocycles. The fourth-order valence-corrected chi connectivity index (χ4v) is 9.81. The highest BCUT2D eigenvalue weighted by Gasteiger charge is 2.54. The van der Waals surface area contributed by atoms with Crippen LogP contribution >= 0.6 is 0 Å². The number of pyridine rings is 2. The fraction of sp³-hybridized carbons (Fsp3) is 0.522. The number of nitrogens with one attached hydrogen (secondary N) is 2. The Bertz CT molecular complexity index is 2080. The van der Waals surface area contributed by atoms with Gasteiger partial charge in [0.05, 0.1) is 23.5 Å². The second kappa shape index (κ2) is 17.8. The van der Waals surface area contributed by atoms with Gasteiger partial charge < -0.3 is 47.0 Å². The minimum atomic E-state index is -1.57. The number of benzene rings is 1. The van der Waals surface area contributed by atoms with Crippen molar-refractivity contribution in [1.29, 1.82) is 0 Å². The molecule has 2 aromatic heterocycles. The highest BCUT2D eigenvalue weighted by atomic mass is 16.4. The number of hydrogen-bond acceptors (Lipinski definition) is 9. The smallest absolute Gasteiger partial charge is 0.405 e. The summed E-state index contributed by atoms with van der Waals surface area (Å²) in [4.78, 5) is 92.6. The SMILES string of the molecule is CC(C)[C@H](NC(=O)O)C(=O)N1CCC[C@@]1(C(N)=O)c1ccc([C@H]2CC[C@H](c3ccc([C@]4(C(N)=O)CCCN4C(=O)[C@@H](NC(=O)O)C(C)C)nc3)N2c2ccc(C(C)(C)C)cc2)cn1. The Balaban J connectivity index is 1.36. The first kappa shape index (κ1) is 46.2. The quantitative estimate of drug-likeness (QED) is 0.133. The van der Waals surface area contributed by atoms with Crippen LogP contribution in [0.2, 0.25) is 0 Å². The summed E-state index contributed by atoms with van der Waals surface area (Å²) in [5.74, 6) is -3.36. The van der Waals surface area contributed by atoms with Gasteiger partial charge in [-0.3, -0.25) is 29.1 Å². The van der Waals surface area contributed by atoms with E-state index >= 15 is 0 Å². The average Bonchev–Trinajstić information content (AvgIpc) is 4.00. The standard InChI is InChI=1S/C46H61N9O8/c1-26(2)36(51-42(60)61)38(56)53-22-8-20-45(53,40(47)58)34-18-10-28(24-49-34)32-16-17-33(55(32)31-14-12-30(13-15-31)44(5,6)7)29-11-19-35(50-25-29)46(41(48)59)21-9-23-54(46)39(57)37(27(3)4)52-43(62)63/h10-15,18-19,24-27,32-33,36-37,51-52H,8-9,16-17,20-23H2,1-7H3,(H2,47,58)(H2,48,59)(H,60,61)(H,62,63)/t32-,33-,36+,37+,45+,46+/m1/s1. The van der Waals surface area contributed by atoms with Gasteiger partial charge in [-0.1, -0.05) is 72.7 Å². The number of hydrogen-bond donors (Lipinski definition) is 6. The number of carbonyl (C=O) groups excluding carboxylic acids is 4. The number of aromatic nitrogens is 2. The largest absolute Gasteiger partial charge is 0.465 e. The molecule has 6 atom stereocenters. The van der Waals surface area contributed by atoms with E-state index in [9.17, 15) is 39.0 Å². The lowest BCUT2D eigenvalue weighted by Crippen LogP contribution is -2.59. The van der Waals surface area contributed by atoms with Crippen LogP contribution < -0.4 is 27.0 Å². The first-order valence-corrected chi connectivity index (χ1v) is 21.7.